The van der Waals surface area contributed by atoms with Gasteiger partial charge in [0.25, 0.3) is 0 Å². The van der Waals surface area contributed by atoms with Crippen LogP contribution in [0.25, 0.3) is 0 Å². The van der Waals surface area contributed by atoms with E-state index < -0.39 is 29.1 Å². The number of carbonyl (C=O) groups excluding carboxylic acids is 1. The number of nitrogens with zero attached hydrogens (tertiary/aromatic N) is 1. The first-order valence-corrected chi connectivity index (χ1v) is 11.4. The second-order valence-electron chi connectivity index (χ2n) is 9.79. The summed E-state index contributed by atoms with van der Waals surface area (Å²) in [6.45, 7) is 6.06. The summed E-state index contributed by atoms with van der Waals surface area (Å²) < 4.78 is 64.6. The molecule has 8 heteroatoms. The van der Waals surface area contributed by atoms with Crippen LogP contribution in [0, 0.1) is 5.82 Å². The van der Waals surface area contributed by atoms with Gasteiger partial charge in [0.15, 0.2) is 0 Å². The average molecular weight is 490 g/mol. The molecule has 4 rings (SSSR count). The van der Waals surface area contributed by atoms with Crippen molar-refractivity contribution in [3.8, 4) is 5.75 Å². The third-order valence-electron chi connectivity index (χ3n) is 5.61. The Kier molecular flexibility index (Phi) is 6.66. The smallest absolute Gasteiger partial charge is 0.416 e. The van der Waals surface area contributed by atoms with E-state index in [1.807, 2.05) is 4.90 Å². The predicted molar refractivity (Wildman–Crippen MR) is 123 cm³/mol. The lowest BCUT2D eigenvalue weighted by molar-refractivity contribution is -0.137. The SMILES string of the molecule is CC(C)(C)OC(=O)c1cc(C2CC2)c(CN2C=CC(Oc3cccc(C(F)(F)F)c3)=CC2)cc1F. The maximum absolute atomic E-state index is 14.9. The van der Waals surface area contributed by atoms with Crippen LogP contribution in [0.3, 0.4) is 0 Å². The van der Waals surface area contributed by atoms with E-state index in [0.717, 1.165) is 36.1 Å². The van der Waals surface area contributed by atoms with E-state index in [1.165, 1.54) is 18.2 Å². The number of allylic oxidation sites excluding steroid dienone is 1. The fourth-order valence-corrected chi connectivity index (χ4v) is 3.83. The molecule has 35 heavy (non-hydrogen) atoms. The predicted octanol–water partition coefficient (Wildman–Crippen LogP) is 6.97. The van der Waals surface area contributed by atoms with Crippen LogP contribution in [-0.4, -0.2) is 23.0 Å². The fraction of sp³-hybridized carbons (Fsp3) is 0.370. The minimum Gasteiger partial charge on any atom is -0.458 e. The lowest BCUT2D eigenvalue weighted by Gasteiger charge is -2.25. The molecule has 0 unspecified atom stereocenters. The topological polar surface area (TPSA) is 38.8 Å². The molecule has 0 spiro atoms. The van der Waals surface area contributed by atoms with Crippen molar-refractivity contribution in [2.45, 2.75) is 57.9 Å². The van der Waals surface area contributed by atoms with Gasteiger partial charge in [0, 0.05) is 19.3 Å². The molecule has 0 amide bonds. The van der Waals surface area contributed by atoms with Crippen LogP contribution >= 0.6 is 0 Å². The molecule has 0 aromatic heterocycles. The van der Waals surface area contributed by atoms with Crippen LogP contribution in [0.4, 0.5) is 17.6 Å². The first-order chi connectivity index (χ1) is 16.4. The quantitative estimate of drug-likeness (QED) is 0.325. The number of esters is 1. The lowest BCUT2D eigenvalue weighted by atomic mass is 9.98. The first-order valence-electron chi connectivity index (χ1n) is 11.4. The Bertz CT molecular complexity index is 1170. The van der Waals surface area contributed by atoms with E-state index in [0.29, 0.717) is 18.8 Å². The van der Waals surface area contributed by atoms with Crippen LogP contribution in [0.2, 0.25) is 0 Å². The van der Waals surface area contributed by atoms with Gasteiger partial charge in [0.05, 0.1) is 11.1 Å². The zero-order valence-corrected chi connectivity index (χ0v) is 19.8. The summed E-state index contributed by atoms with van der Waals surface area (Å²) in [6.07, 6.45) is 2.70. The number of benzene rings is 2. The van der Waals surface area contributed by atoms with E-state index in [9.17, 15) is 22.4 Å². The van der Waals surface area contributed by atoms with Gasteiger partial charge in [-0.15, -0.1) is 0 Å². The first kappa shape index (κ1) is 24.8. The van der Waals surface area contributed by atoms with Gasteiger partial charge in [0.2, 0.25) is 0 Å². The van der Waals surface area contributed by atoms with E-state index in [2.05, 4.69) is 0 Å². The van der Waals surface area contributed by atoms with Crippen molar-refractivity contribution >= 4 is 5.97 Å². The number of alkyl halides is 3. The van der Waals surface area contributed by atoms with Gasteiger partial charge in [-0.1, -0.05) is 6.07 Å². The molecule has 1 fully saturated rings. The average Bonchev–Trinajstić information content (AvgIpc) is 3.59. The Morgan fingerprint density at radius 2 is 1.86 bits per heavy atom. The number of hydrogen-bond acceptors (Lipinski definition) is 4. The molecule has 0 N–H and O–H groups in total. The van der Waals surface area contributed by atoms with Crippen LogP contribution < -0.4 is 4.74 Å². The van der Waals surface area contributed by atoms with E-state index in [-0.39, 0.29) is 17.2 Å². The van der Waals surface area contributed by atoms with Crippen molar-refractivity contribution in [3.63, 3.8) is 0 Å². The van der Waals surface area contributed by atoms with Crippen molar-refractivity contribution in [2.24, 2.45) is 0 Å². The molecule has 0 bridgehead atoms. The van der Waals surface area contributed by atoms with Crippen LogP contribution in [0.15, 0.2) is 60.5 Å². The van der Waals surface area contributed by atoms with Gasteiger partial charge >= 0.3 is 12.1 Å². The Balaban J connectivity index is 1.45. The fourth-order valence-electron chi connectivity index (χ4n) is 3.83. The normalized spacial score (nSPS) is 16.2. The highest BCUT2D eigenvalue weighted by Crippen LogP contribution is 2.43. The van der Waals surface area contributed by atoms with E-state index >= 15 is 0 Å². The van der Waals surface area contributed by atoms with E-state index in [1.54, 1.807) is 45.2 Å². The van der Waals surface area contributed by atoms with Gasteiger partial charge in [-0.25, -0.2) is 9.18 Å². The summed E-state index contributed by atoms with van der Waals surface area (Å²) in [5, 5.41) is 0. The summed E-state index contributed by atoms with van der Waals surface area (Å²) in [5.74, 6) is -0.491. The second-order valence-corrected chi connectivity index (χ2v) is 9.79. The minimum atomic E-state index is -4.44. The highest BCUT2D eigenvalue weighted by molar-refractivity contribution is 5.90. The number of rotatable bonds is 6. The Morgan fingerprint density at radius 3 is 2.46 bits per heavy atom. The maximum Gasteiger partial charge on any atom is 0.416 e. The van der Waals surface area contributed by atoms with Crippen molar-refractivity contribution in [1.82, 2.24) is 4.90 Å². The molecule has 0 atom stereocenters. The maximum atomic E-state index is 14.9. The minimum absolute atomic E-state index is 0.0589. The van der Waals surface area contributed by atoms with Gasteiger partial charge in [-0.3, -0.25) is 0 Å². The summed E-state index contributed by atoms with van der Waals surface area (Å²) in [5.41, 5.74) is 0.173. The largest absolute Gasteiger partial charge is 0.458 e. The molecular formula is C27H27F4NO3. The molecule has 2 aliphatic rings. The lowest BCUT2D eigenvalue weighted by Crippen LogP contribution is -2.25. The molecule has 0 saturated heterocycles. The van der Waals surface area contributed by atoms with Gasteiger partial charge in [0.1, 0.15) is 22.9 Å². The van der Waals surface area contributed by atoms with Crippen molar-refractivity contribution < 1.29 is 31.8 Å². The highest BCUT2D eigenvalue weighted by Gasteiger charge is 2.31. The molecule has 0 radical (unpaired) electrons. The zero-order chi connectivity index (χ0) is 25.4. The molecule has 186 valence electrons. The molecule has 2 aromatic rings. The second kappa shape index (κ2) is 9.40. The molecule has 2 aromatic carbocycles. The number of halogens is 4. The molecular weight excluding hydrogens is 462 g/mol. The molecule has 1 aliphatic carbocycles. The van der Waals surface area contributed by atoms with Crippen molar-refractivity contribution in [2.75, 3.05) is 6.54 Å². The molecule has 1 saturated carbocycles. The summed E-state index contributed by atoms with van der Waals surface area (Å²) in [6, 6.07) is 7.73. The molecule has 1 aliphatic heterocycles. The molecule has 4 nitrogen and oxygen atoms in total. The summed E-state index contributed by atoms with van der Waals surface area (Å²) in [4.78, 5) is 14.4. The van der Waals surface area contributed by atoms with Crippen LogP contribution in [-0.2, 0) is 17.5 Å². The number of hydrogen-bond donors (Lipinski definition) is 0. The van der Waals surface area contributed by atoms with Crippen molar-refractivity contribution in [1.29, 1.82) is 0 Å². The third kappa shape index (κ3) is 6.44. The van der Waals surface area contributed by atoms with Crippen LogP contribution in [0.1, 0.15) is 66.6 Å². The van der Waals surface area contributed by atoms with Crippen molar-refractivity contribution in [3.05, 3.63) is 88.6 Å². The van der Waals surface area contributed by atoms with Gasteiger partial charge in [-0.05, 0) is 93.1 Å². The zero-order valence-electron chi connectivity index (χ0n) is 19.8. The Morgan fingerprint density at radius 1 is 1.11 bits per heavy atom. The third-order valence-corrected chi connectivity index (χ3v) is 5.61. The standard InChI is InChI=1S/C27H27F4NO3/c1-26(2,3)35-25(33)23-15-22(17-7-8-17)18(13-24(23)28)16-32-11-9-20(10-12-32)34-21-6-4-5-19(14-21)27(29,30)31/h4-6,9-11,13-15,17H,7-8,12,16H2,1-3H3. The van der Waals surface area contributed by atoms with Crippen LogP contribution in [0.5, 0.6) is 5.75 Å². The van der Waals surface area contributed by atoms with E-state index in [4.69, 9.17) is 9.47 Å². The number of carbonyl (C=O) groups is 1. The number of ether oxygens (including phenoxy) is 2. The highest BCUT2D eigenvalue weighted by atomic mass is 19.4. The molecule has 1 heterocycles. The Labute approximate surface area is 201 Å². The van der Waals surface area contributed by atoms with Gasteiger partial charge in [-0.2, -0.15) is 13.2 Å². The summed E-state index contributed by atoms with van der Waals surface area (Å²) >= 11 is 0. The Hall–Kier alpha value is -3.29. The summed E-state index contributed by atoms with van der Waals surface area (Å²) in [7, 11) is 0. The van der Waals surface area contributed by atoms with Gasteiger partial charge < -0.3 is 14.4 Å². The monoisotopic (exact) mass is 489 g/mol.